The van der Waals surface area contributed by atoms with Crippen molar-refractivity contribution >= 4 is 39.8 Å². The quantitative estimate of drug-likeness (QED) is 0.223. The number of pyridine rings is 1. The standard InChI is InChI=1S/C23H19N7O2/c24-21(25)14-10-12-4-3-5-13-19(26-7-9-30(14)20(12)13)18-17(22(31)28-23(18)32)15-11-27-16-6-1-2-8-29(15)16/h1-6,8,10-11,19,26H,7,9H2,(H3,24,25)(H,28,31,32). The fraction of sp³-hybridized carbons (Fsp3) is 0.130. The summed E-state index contributed by atoms with van der Waals surface area (Å²) < 4.78 is 3.81. The summed E-state index contributed by atoms with van der Waals surface area (Å²) in [4.78, 5) is 30.4. The number of nitrogens with two attached hydrogens (primary N) is 1. The number of imidazole rings is 1. The number of nitrogen functional groups attached to an aromatic ring is 1. The number of amides is 2. The number of hydrogen-bond acceptors (Lipinski definition) is 5. The number of carbonyl (C=O) groups is 2. The van der Waals surface area contributed by atoms with Crippen LogP contribution < -0.4 is 16.4 Å². The van der Waals surface area contributed by atoms with Crippen LogP contribution in [0.25, 0.3) is 22.1 Å². The number of fused-ring (bicyclic) bond motifs is 1. The predicted molar refractivity (Wildman–Crippen MR) is 119 cm³/mol. The Morgan fingerprint density at radius 2 is 2.03 bits per heavy atom. The van der Waals surface area contributed by atoms with Gasteiger partial charge in [0, 0.05) is 24.7 Å². The summed E-state index contributed by atoms with van der Waals surface area (Å²) in [5.41, 5.74) is 10.2. The molecule has 0 saturated carbocycles. The first-order valence-electron chi connectivity index (χ1n) is 10.3. The van der Waals surface area contributed by atoms with Gasteiger partial charge >= 0.3 is 0 Å². The van der Waals surface area contributed by atoms with E-state index in [9.17, 15) is 9.59 Å². The summed E-state index contributed by atoms with van der Waals surface area (Å²) in [7, 11) is 0. The molecule has 2 amide bonds. The van der Waals surface area contributed by atoms with Crippen molar-refractivity contribution in [2.45, 2.75) is 12.6 Å². The number of para-hydroxylation sites is 1. The van der Waals surface area contributed by atoms with Crippen molar-refractivity contribution in [1.82, 2.24) is 24.6 Å². The molecular weight excluding hydrogens is 406 g/mol. The summed E-state index contributed by atoms with van der Waals surface area (Å²) in [5.74, 6) is -0.865. The van der Waals surface area contributed by atoms with Crippen LogP contribution in [0.1, 0.15) is 23.0 Å². The van der Waals surface area contributed by atoms with E-state index in [1.165, 1.54) is 0 Å². The lowest BCUT2D eigenvalue weighted by molar-refractivity contribution is -0.123. The number of imide groups is 1. The van der Waals surface area contributed by atoms with Crippen molar-refractivity contribution in [2.24, 2.45) is 5.73 Å². The zero-order valence-corrected chi connectivity index (χ0v) is 16.9. The molecule has 0 radical (unpaired) electrons. The minimum Gasteiger partial charge on any atom is -0.382 e. The lowest BCUT2D eigenvalue weighted by Crippen LogP contribution is -2.30. The van der Waals surface area contributed by atoms with Crippen LogP contribution >= 0.6 is 0 Å². The van der Waals surface area contributed by atoms with Gasteiger partial charge in [-0.15, -0.1) is 0 Å². The van der Waals surface area contributed by atoms with Gasteiger partial charge in [-0.1, -0.05) is 24.3 Å². The lowest BCUT2D eigenvalue weighted by Gasteiger charge is -2.19. The van der Waals surface area contributed by atoms with E-state index in [1.54, 1.807) is 10.6 Å². The number of amidine groups is 1. The maximum atomic E-state index is 13.1. The Morgan fingerprint density at radius 1 is 1.16 bits per heavy atom. The summed E-state index contributed by atoms with van der Waals surface area (Å²) in [5, 5.41) is 14.8. The third-order valence-corrected chi connectivity index (χ3v) is 6.15. The Labute approximate surface area is 182 Å². The third-order valence-electron chi connectivity index (χ3n) is 6.15. The average molecular weight is 425 g/mol. The Balaban J connectivity index is 1.63. The highest BCUT2D eigenvalue weighted by Crippen LogP contribution is 2.38. The summed E-state index contributed by atoms with van der Waals surface area (Å²) in [6, 6.07) is 12.8. The van der Waals surface area contributed by atoms with Crippen molar-refractivity contribution in [3.05, 3.63) is 77.4 Å². The number of nitrogens with one attached hydrogen (secondary N) is 3. The van der Waals surface area contributed by atoms with E-state index in [2.05, 4.69) is 15.6 Å². The monoisotopic (exact) mass is 425 g/mol. The summed E-state index contributed by atoms with van der Waals surface area (Å²) in [6.07, 6.45) is 3.45. The van der Waals surface area contributed by atoms with Gasteiger partial charge in [0.1, 0.15) is 11.5 Å². The highest BCUT2D eigenvalue weighted by molar-refractivity contribution is 6.36. The molecule has 5 heterocycles. The molecule has 0 fully saturated rings. The topological polar surface area (TPSA) is 130 Å². The molecule has 3 aromatic heterocycles. The molecule has 9 nitrogen and oxygen atoms in total. The first-order valence-corrected chi connectivity index (χ1v) is 10.3. The smallest absolute Gasteiger partial charge is 0.260 e. The maximum absolute atomic E-state index is 13.1. The van der Waals surface area contributed by atoms with Crippen LogP contribution in [0.15, 0.2) is 60.4 Å². The normalized spacial score (nSPS) is 18.4. The SMILES string of the molecule is N=C(N)c1cc2cccc3c2n1CCNC3C1=C(c2cnc3ccccn23)C(=O)NC1=O. The minimum atomic E-state index is -0.509. The average Bonchev–Trinajstić information content (AvgIpc) is 3.40. The number of aromatic nitrogens is 3. The highest BCUT2D eigenvalue weighted by Gasteiger charge is 2.39. The molecule has 0 aliphatic carbocycles. The van der Waals surface area contributed by atoms with E-state index in [-0.39, 0.29) is 5.84 Å². The summed E-state index contributed by atoms with van der Waals surface area (Å²) in [6.45, 7) is 1.12. The van der Waals surface area contributed by atoms with Gasteiger partial charge in [-0.25, -0.2) is 4.98 Å². The molecule has 32 heavy (non-hydrogen) atoms. The highest BCUT2D eigenvalue weighted by atomic mass is 16.2. The van der Waals surface area contributed by atoms with Gasteiger partial charge in [0.05, 0.1) is 40.3 Å². The zero-order valence-electron chi connectivity index (χ0n) is 16.9. The molecular formula is C23H19N7O2. The van der Waals surface area contributed by atoms with Gasteiger partial charge in [-0.3, -0.25) is 24.7 Å². The molecule has 0 bridgehead atoms. The van der Waals surface area contributed by atoms with Gasteiger partial charge in [0.25, 0.3) is 11.8 Å². The molecule has 2 aliphatic heterocycles. The second kappa shape index (κ2) is 6.63. The van der Waals surface area contributed by atoms with E-state index in [0.29, 0.717) is 41.3 Å². The Hall–Kier alpha value is -4.24. The second-order valence-corrected chi connectivity index (χ2v) is 7.91. The number of nitrogens with zero attached hydrogens (tertiary/aromatic N) is 3. The van der Waals surface area contributed by atoms with Crippen molar-refractivity contribution in [2.75, 3.05) is 6.54 Å². The van der Waals surface area contributed by atoms with Crippen LogP contribution in [0.2, 0.25) is 0 Å². The molecule has 6 rings (SSSR count). The third kappa shape index (κ3) is 2.48. The lowest BCUT2D eigenvalue weighted by atomic mass is 9.93. The van der Waals surface area contributed by atoms with E-state index in [1.807, 2.05) is 53.2 Å². The van der Waals surface area contributed by atoms with Crippen molar-refractivity contribution < 1.29 is 9.59 Å². The van der Waals surface area contributed by atoms with Gasteiger partial charge < -0.3 is 15.6 Å². The van der Waals surface area contributed by atoms with Crippen molar-refractivity contribution in [1.29, 1.82) is 5.41 Å². The van der Waals surface area contributed by atoms with Crippen LogP contribution in [0, 0.1) is 5.41 Å². The number of rotatable bonds is 3. The van der Waals surface area contributed by atoms with E-state index >= 15 is 0 Å². The molecule has 158 valence electrons. The molecule has 1 aromatic carbocycles. The van der Waals surface area contributed by atoms with Gasteiger partial charge in [-0.05, 0) is 23.8 Å². The first-order chi connectivity index (χ1) is 15.5. The van der Waals surface area contributed by atoms with E-state index < -0.39 is 17.9 Å². The molecule has 0 spiro atoms. The fourth-order valence-electron chi connectivity index (χ4n) is 4.85. The fourth-order valence-corrected chi connectivity index (χ4v) is 4.85. The zero-order chi connectivity index (χ0) is 22.0. The van der Waals surface area contributed by atoms with E-state index in [4.69, 9.17) is 11.1 Å². The molecule has 0 saturated heterocycles. The molecule has 1 atom stereocenters. The van der Waals surface area contributed by atoms with Crippen LogP contribution in [-0.2, 0) is 16.1 Å². The number of benzene rings is 1. The summed E-state index contributed by atoms with van der Waals surface area (Å²) >= 11 is 0. The van der Waals surface area contributed by atoms with Gasteiger partial charge in [-0.2, -0.15) is 0 Å². The van der Waals surface area contributed by atoms with Crippen molar-refractivity contribution in [3.8, 4) is 0 Å². The predicted octanol–water partition coefficient (Wildman–Crippen LogP) is 1.33. The second-order valence-electron chi connectivity index (χ2n) is 7.91. The Morgan fingerprint density at radius 3 is 2.88 bits per heavy atom. The maximum Gasteiger partial charge on any atom is 0.260 e. The van der Waals surface area contributed by atoms with Crippen LogP contribution in [-0.4, -0.2) is 38.1 Å². The van der Waals surface area contributed by atoms with Crippen LogP contribution in [0.3, 0.4) is 0 Å². The Kier molecular flexibility index (Phi) is 3.84. The van der Waals surface area contributed by atoms with Crippen molar-refractivity contribution in [3.63, 3.8) is 0 Å². The Bertz CT molecular complexity index is 1510. The van der Waals surface area contributed by atoms with Crippen LogP contribution in [0.5, 0.6) is 0 Å². The first kappa shape index (κ1) is 18.5. The van der Waals surface area contributed by atoms with E-state index in [0.717, 1.165) is 16.5 Å². The number of hydrogen-bond donors (Lipinski definition) is 4. The largest absolute Gasteiger partial charge is 0.382 e. The minimum absolute atomic E-state index is 0.00924. The van der Waals surface area contributed by atoms with Crippen LogP contribution in [0.4, 0.5) is 0 Å². The number of carbonyl (C=O) groups excluding carboxylic acids is 2. The molecule has 2 aliphatic rings. The van der Waals surface area contributed by atoms with Gasteiger partial charge in [0.15, 0.2) is 0 Å². The molecule has 9 heteroatoms. The molecule has 5 N–H and O–H groups in total. The van der Waals surface area contributed by atoms with Gasteiger partial charge in [0.2, 0.25) is 0 Å². The molecule has 4 aromatic rings. The molecule has 1 unspecified atom stereocenters.